The molecular weight excluding hydrogens is 292 g/mol. The highest BCUT2D eigenvalue weighted by atomic mass is 16.5. The number of ether oxygens (including phenoxy) is 1. The molecule has 5 heteroatoms. The van der Waals surface area contributed by atoms with Gasteiger partial charge in [0.1, 0.15) is 6.04 Å². The monoisotopic (exact) mass is 312 g/mol. The number of pyridine rings is 1. The summed E-state index contributed by atoms with van der Waals surface area (Å²) in [4.78, 5) is 28.5. The lowest BCUT2D eigenvalue weighted by Gasteiger charge is -2.17. The Kier molecular flexibility index (Phi) is 5.86. The van der Waals surface area contributed by atoms with E-state index in [1.165, 1.54) is 6.20 Å². The first-order valence-corrected chi connectivity index (χ1v) is 7.54. The molecule has 0 aliphatic carbocycles. The highest BCUT2D eigenvalue weighted by molar-refractivity contribution is 5.96. The van der Waals surface area contributed by atoms with E-state index in [0.29, 0.717) is 12.0 Å². The van der Waals surface area contributed by atoms with Gasteiger partial charge >= 0.3 is 5.97 Å². The molecule has 0 radical (unpaired) electrons. The molecule has 1 atom stereocenters. The molecule has 2 aromatic rings. The normalized spacial score (nSPS) is 11.6. The molecule has 120 valence electrons. The molecule has 2 rings (SSSR count). The summed E-state index contributed by atoms with van der Waals surface area (Å²) in [6.07, 6.45) is 1.88. The predicted molar refractivity (Wildman–Crippen MR) is 87.0 cm³/mol. The van der Waals surface area contributed by atoms with Gasteiger partial charge in [-0.25, -0.2) is 4.79 Å². The maximum atomic E-state index is 12.3. The third kappa shape index (κ3) is 4.92. The average molecular weight is 312 g/mol. The highest BCUT2D eigenvalue weighted by Gasteiger charge is 2.23. The Bertz CT molecular complexity index is 654. The molecule has 5 nitrogen and oxygen atoms in total. The number of esters is 1. The van der Waals surface area contributed by atoms with Gasteiger partial charge in [0.05, 0.1) is 12.2 Å². The van der Waals surface area contributed by atoms with Crippen molar-refractivity contribution in [1.29, 1.82) is 0 Å². The van der Waals surface area contributed by atoms with Crippen molar-refractivity contribution >= 4 is 11.9 Å². The summed E-state index contributed by atoms with van der Waals surface area (Å²) in [5.41, 5.74) is 2.19. The van der Waals surface area contributed by atoms with Crippen LogP contribution in [0.2, 0.25) is 0 Å². The Morgan fingerprint density at radius 1 is 1.17 bits per heavy atom. The molecule has 1 N–H and O–H groups in total. The van der Waals surface area contributed by atoms with Gasteiger partial charge in [-0.05, 0) is 31.5 Å². The van der Waals surface area contributed by atoms with Crippen LogP contribution < -0.4 is 5.32 Å². The first kappa shape index (κ1) is 16.7. The fraction of sp³-hybridized carbons (Fsp3) is 0.278. The number of hydrogen-bond donors (Lipinski definition) is 1. The van der Waals surface area contributed by atoms with Crippen LogP contribution >= 0.6 is 0 Å². The lowest BCUT2D eigenvalue weighted by Crippen LogP contribution is -2.43. The van der Waals surface area contributed by atoms with Gasteiger partial charge in [-0.1, -0.05) is 30.3 Å². The summed E-state index contributed by atoms with van der Waals surface area (Å²) in [6, 6.07) is 12.2. The van der Waals surface area contributed by atoms with E-state index in [4.69, 9.17) is 4.74 Å². The van der Waals surface area contributed by atoms with Crippen LogP contribution in [0.3, 0.4) is 0 Å². The topological polar surface area (TPSA) is 68.3 Å². The van der Waals surface area contributed by atoms with Crippen molar-refractivity contribution < 1.29 is 14.3 Å². The SMILES string of the molecule is CCOC(=O)[C@H](Cc1ccccc1)NC(=O)c1ccc(C)nc1. The van der Waals surface area contributed by atoms with Gasteiger partial charge in [0, 0.05) is 18.3 Å². The molecule has 0 saturated carbocycles. The molecule has 0 saturated heterocycles. The van der Waals surface area contributed by atoms with Crippen molar-refractivity contribution in [3.63, 3.8) is 0 Å². The van der Waals surface area contributed by atoms with Crippen LogP contribution in [0.4, 0.5) is 0 Å². The Morgan fingerprint density at radius 2 is 1.91 bits per heavy atom. The third-order valence-electron chi connectivity index (χ3n) is 3.33. The molecule has 1 amide bonds. The summed E-state index contributed by atoms with van der Waals surface area (Å²) in [5.74, 6) is -0.781. The predicted octanol–water partition coefficient (Wildman–Crippen LogP) is 2.29. The highest BCUT2D eigenvalue weighted by Crippen LogP contribution is 2.07. The maximum absolute atomic E-state index is 12.3. The quantitative estimate of drug-likeness (QED) is 0.831. The van der Waals surface area contributed by atoms with Crippen LogP contribution in [0.15, 0.2) is 48.7 Å². The van der Waals surface area contributed by atoms with E-state index < -0.39 is 12.0 Å². The van der Waals surface area contributed by atoms with Crippen LogP contribution in [-0.2, 0) is 16.0 Å². The first-order chi connectivity index (χ1) is 11.1. The van der Waals surface area contributed by atoms with Crippen LogP contribution in [0.5, 0.6) is 0 Å². The molecule has 0 aliphatic heterocycles. The molecule has 0 bridgehead atoms. The molecule has 1 aromatic heterocycles. The smallest absolute Gasteiger partial charge is 0.328 e. The van der Waals surface area contributed by atoms with Gasteiger partial charge in [0.15, 0.2) is 0 Å². The number of carbonyl (C=O) groups excluding carboxylic acids is 2. The van der Waals surface area contributed by atoms with Crippen molar-refractivity contribution in [2.24, 2.45) is 0 Å². The number of aryl methyl sites for hydroxylation is 1. The minimum absolute atomic E-state index is 0.270. The molecule has 23 heavy (non-hydrogen) atoms. The number of rotatable bonds is 6. The number of nitrogens with one attached hydrogen (secondary N) is 1. The van der Waals surface area contributed by atoms with Crippen LogP contribution in [0, 0.1) is 6.92 Å². The van der Waals surface area contributed by atoms with Crippen LogP contribution in [0.25, 0.3) is 0 Å². The van der Waals surface area contributed by atoms with Gasteiger partial charge in [0.25, 0.3) is 5.91 Å². The number of hydrogen-bond acceptors (Lipinski definition) is 4. The van der Waals surface area contributed by atoms with Gasteiger partial charge in [0.2, 0.25) is 0 Å². The summed E-state index contributed by atoms with van der Waals surface area (Å²) in [7, 11) is 0. The number of aromatic nitrogens is 1. The summed E-state index contributed by atoms with van der Waals surface area (Å²) in [5, 5.41) is 2.73. The number of amides is 1. The Hall–Kier alpha value is -2.69. The first-order valence-electron chi connectivity index (χ1n) is 7.54. The molecule has 0 aliphatic rings. The van der Waals surface area contributed by atoms with E-state index in [2.05, 4.69) is 10.3 Å². The Morgan fingerprint density at radius 3 is 2.52 bits per heavy atom. The van der Waals surface area contributed by atoms with Crippen molar-refractivity contribution in [3.05, 3.63) is 65.5 Å². The summed E-state index contributed by atoms with van der Waals surface area (Å²) >= 11 is 0. The van der Waals surface area contributed by atoms with Gasteiger partial charge in [-0.3, -0.25) is 9.78 Å². The number of nitrogens with zero attached hydrogens (tertiary/aromatic N) is 1. The van der Waals surface area contributed by atoms with Crippen molar-refractivity contribution in [3.8, 4) is 0 Å². The van der Waals surface area contributed by atoms with Crippen LogP contribution in [-0.4, -0.2) is 29.5 Å². The zero-order chi connectivity index (χ0) is 16.7. The fourth-order valence-electron chi connectivity index (χ4n) is 2.13. The Balaban J connectivity index is 2.11. The van der Waals surface area contributed by atoms with Gasteiger partial charge in [-0.15, -0.1) is 0 Å². The minimum atomic E-state index is -0.730. The van der Waals surface area contributed by atoms with E-state index in [1.54, 1.807) is 19.1 Å². The lowest BCUT2D eigenvalue weighted by molar-refractivity contribution is -0.145. The fourth-order valence-corrected chi connectivity index (χ4v) is 2.13. The van der Waals surface area contributed by atoms with E-state index in [9.17, 15) is 9.59 Å². The van der Waals surface area contributed by atoms with E-state index in [0.717, 1.165) is 11.3 Å². The molecule has 1 heterocycles. The minimum Gasteiger partial charge on any atom is -0.464 e. The summed E-state index contributed by atoms with van der Waals surface area (Å²) < 4.78 is 5.06. The summed E-state index contributed by atoms with van der Waals surface area (Å²) in [6.45, 7) is 3.85. The van der Waals surface area contributed by atoms with Gasteiger partial charge < -0.3 is 10.1 Å². The number of carbonyl (C=O) groups is 2. The van der Waals surface area contributed by atoms with Gasteiger partial charge in [-0.2, -0.15) is 0 Å². The zero-order valence-corrected chi connectivity index (χ0v) is 13.3. The van der Waals surface area contributed by atoms with Crippen LogP contribution in [0.1, 0.15) is 28.5 Å². The average Bonchev–Trinajstić information content (AvgIpc) is 2.56. The second-order valence-electron chi connectivity index (χ2n) is 5.16. The largest absolute Gasteiger partial charge is 0.464 e. The molecule has 0 fully saturated rings. The van der Waals surface area contributed by atoms with E-state index >= 15 is 0 Å². The lowest BCUT2D eigenvalue weighted by atomic mass is 10.1. The van der Waals surface area contributed by atoms with Crippen molar-refractivity contribution in [1.82, 2.24) is 10.3 Å². The second-order valence-corrected chi connectivity index (χ2v) is 5.16. The molecule has 0 spiro atoms. The van der Waals surface area contributed by atoms with Crippen molar-refractivity contribution in [2.45, 2.75) is 26.3 Å². The standard InChI is InChI=1S/C18H20N2O3/c1-3-23-18(22)16(11-14-7-5-4-6-8-14)20-17(21)15-10-9-13(2)19-12-15/h4-10,12,16H,3,11H2,1-2H3,(H,20,21)/t16-/m0/s1. The zero-order valence-electron chi connectivity index (χ0n) is 13.3. The number of benzene rings is 1. The maximum Gasteiger partial charge on any atom is 0.328 e. The van der Waals surface area contributed by atoms with E-state index in [-0.39, 0.29) is 12.5 Å². The van der Waals surface area contributed by atoms with Crippen molar-refractivity contribution in [2.75, 3.05) is 6.61 Å². The third-order valence-corrected chi connectivity index (χ3v) is 3.33. The molecular formula is C18H20N2O3. The molecule has 0 unspecified atom stereocenters. The van der Waals surface area contributed by atoms with E-state index in [1.807, 2.05) is 37.3 Å². The molecule has 1 aromatic carbocycles. The second kappa shape index (κ2) is 8.08. The Labute approximate surface area is 135 Å².